The molecule has 7 rings (SSSR count). The monoisotopic (exact) mass is 505 g/mol. The zero-order valence-corrected chi connectivity index (χ0v) is 23.6. The summed E-state index contributed by atoms with van der Waals surface area (Å²) in [5, 5.41) is 10.4. The van der Waals surface area contributed by atoms with Crippen molar-refractivity contribution in [2.45, 2.75) is 109 Å². The summed E-state index contributed by atoms with van der Waals surface area (Å²) in [6.45, 7) is 12.0. The van der Waals surface area contributed by atoms with Gasteiger partial charge < -0.3 is 14.4 Å². The van der Waals surface area contributed by atoms with E-state index in [1.807, 2.05) is 12.5 Å². The fourth-order valence-corrected chi connectivity index (χ4v) is 10.4. The van der Waals surface area contributed by atoms with Crippen LogP contribution in [-0.4, -0.2) is 50.0 Å². The predicted octanol–water partition coefficient (Wildman–Crippen LogP) is 5.65. The van der Waals surface area contributed by atoms with E-state index in [1.165, 1.54) is 37.8 Å². The summed E-state index contributed by atoms with van der Waals surface area (Å²) < 4.78 is 9.48. The van der Waals surface area contributed by atoms with E-state index in [1.54, 1.807) is 16.7 Å². The molecule has 2 aliphatic heterocycles. The number of fused-ring (bicyclic) bond motifs is 6. The standard InChI is InChI=1S/C32H47N3O2/c1-19-12-29-30(35(16-19)17-23-15-33-18-34(23)5)21(3)32(37-29)11-9-25-26-7-6-22-13-24(36)8-10-31(22,4)28(26)14-27(25)20(32)2/h6,15,18-19,21,24-26,28-30,36H,7-14,16-17H2,1-5H3. The molecule has 0 aromatic carbocycles. The summed E-state index contributed by atoms with van der Waals surface area (Å²) in [6, 6.07) is 0.479. The number of aromatic nitrogens is 2. The normalized spacial score (nSPS) is 47.5. The van der Waals surface area contributed by atoms with E-state index in [4.69, 9.17) is 4.74 Å². The van der Waals surface area contributed by atoms with Crippen molar-refractivity contribution in [2.24, 2.45) is 42.1 Å². The smallest absolute Gasteiger partial charge is 0.0945 e. The van der Waals surface area contributed by atoms with Crippen LogP contribution in [0.2, 0.25) is 0 Å². The maximum Gasteiger partial charge on any atom is 0.0945 e. The van der Waals surface area contributed by atoms with E-state index >= 15 is 0 Å². The molecule has 0 amide bonds. The number of ether oxygens (including phenoxy) is 1. The Balaban J connectivity index is 1.20. The van der Waals surface area contributed by atoms with Gasteiger partial charge >= 0.3 is 0 Å². The van der Waals surface area contributed by atoms with Crippen LogP contribution in [0.25, 0.3) is 0 Å². The lowest BCUT2D eigenvalue weighted by molar-refractivity contribution is -0.0658. The van der Waals surface area contributed by atoms with Gasteiger partial charge in [0.25, 0.3) is 0 Å². The highest BCUT2D eigenvalue weighted by atomic mass is 16.5. The molecule has 1 spiro atoms. The lowest BCUT2D eigenvalue weighted by Crippen LogP contribution is -2.51. The Morgan fingerprint density at radius 1 is 1.19 bits per heavy atom. The zero-order valence-electron chi connectivity index (χ0n) is 23.6. The van der Waals surface area contributed by atoms with Crippen molar-refractivity contribution in [1.29, 1.82) is 0 Å². The minimum absolute atomic E-state index is 0.0939. The number of hydrogen-bond acceptors (Lipinski definition) is 4. The Kier molecular flexibility index (Phi) is 5.67. The maximum absolute atomic E-state index is 10.4. The lowest BCUT2D eigenvalue weighted by Gasteiger charge is -2.49. The number of aryl methyl sites for hydroxylation is 1. The van der Waals surface area contributed by atoms with Crippen molar-refractivity contribution < 1.29 is 9.84 Å². The molecule has 0 radical (unpaired) electrons. The summed E-state index contributed by atoms with van der Waals surface area (Å²) in [6.07, 6.45) is 15.9. The van der Waals surface area contributed by atoms with Crippen molar-refractivity contribution in [1.82, 2.24) is 14.5 Å². The molecule has 5 nitrogen and oxygen atoms in total. The Morgan fingerprint density at radius 2 is 2.03 bits per heavy atom. The van der Waals surface area contributed by atoms with E-state index in [0.29, 0.717) is 24.0 Å². The number of aliphatic hydroxyl groups is 1. The van der Waals surface area contributed by atoms with Crippen LogP contribution in [0.4, 0.5) is 0 Å². The van der Waals surface area contributed by atoms with Gasteiger partial charge in [0.05, 0.1) is 29.8 Å². The summed E-state index contributed by atoms with van der Waals surface area (Å²) in [4.78, 5) is 7.13. The molecule has 5 heteroatoms. The first-order valence-electron chi connectivity index (χ1n) is 15.2. The highest BCUT2D eigenvalue weighted by Crippen LogP contribution is 2.65. The molecule has 6 aliphatic rings. The number of imidazole rings is 1. The molecule has 1 N–H and O–H groups in total. The predicted molar refractivity (Wildman–Crippen MR) is 146 cm³/mol. The Morgan fingerprint density at radius 3 is 2.81 bits per heavy atom. The number of nitrogens with zero attached hydrogens (tertiary/aromatic N) is 3. The Hall–Kier alpha value is -1.43. The number of hydrogen-bond donors (Lipinski definition) is 1. The second kappa shape index (κ2) is 8.53. The Labute approximate surface area is 223 Å². The first kappa shape index (κ1) is 24.6. The van der Waals surface area contributed by atoms with Crippen molar-refractivity contribution >= 4 is 0 Å². The van der Waals surface area contributed by atoms with E-state index in [9.17, 15) is 5.11 Å². The van der Waals surface area contributed by atoms with Crippen LogP contribution in [0.15, 0.2) is 35.3 Å². The van der Waals surface area contributed by atoms with Gasteiger partial charge in [-0.05, 0) is 93.0 Å². The zero-order chi connectivity index (χ0) is 25.7. The first-order chi connectivity index (χ1) is 17.7. The summed E-state index contributed by atoms with van der Waals surface area (Å²) in [7, 11) is 2.12. The molecule has 1 aromatic rings. The van der Waals surface area contributed by atoms with Gasteiger partial charge in [0.1, 0.15) is 0 Å². The number of allylic oxidation sites excluding steroid dienone is 2. The van der Waals surface area contributed by atoms with Crippen molar-refractivity contribution in [2.75, 3.05) is 6.54 Å². The van der Waals surface area contributed by atoms with Gasteiger partial charge in [0.15, 0.2) is 0 Å². The van der Waals surface area contributed by atoms with Crippen molar-refractivity contribution in [3.8, 4) is 0 Å². The fraction of sp³-hybridized carbons (Fsp3) is 0.781. The largest absolute Gasteiger partial charge is 0.393 e. The quantitative estimate of drug-likeness (QED) is 0.528. The van der Waals surface area contributed by atoms with Crippen LogP contribution >= 0.6 is 0 Å². The van der Waals surface area contributed by atoms with E-state index in [2.05, 4.69) is 55.3 Å². The second-order valence-electron chi connectivity index (χ2n) is 14.1. The third-order valence-electron chi connectivity index (χ3n) is 12.4. The highest BCUT2D eigenvalue weighted by Gasteiger charge is 2.61. The van der Waals surface area contributed by atoms with Crippen molar-refractivity contribution in [3.05, 3.63) is 41.0 Å². The van der Waals surface area contributed by atoms with E-state index < -0.39 is 0 Å². The highest BCUT2D eigenvalue weighted by molar-refractivity contribution is 5.38. The third kappa shape index (κ3) is 3.49. The lowest BCUT2D eigenvalue weighted by atomic mass is 9.56. The molecule has 4 fully saturated rings. The molecule has 3 heterocycles. The van der Waals surface area contributed by atoms with Crippen LogP contribution < -0.4 is 0 Å². The van der Waals surface area contributed by atoms with E-state index in [-0.39, 0.29) is 17.1 Å². The van der Waals surface area contributed by atoms with Crippen LogP contribution in [0.1, 0.15) is 84.8 Å². The molecule has 2 saturated carbocycles. The van der Waals surface area contributed by atoms with Crippen LogP contribution in [-0.2, 0) is 18.3 Å². The number of aliphatic hydroxyl groups excluding tert-OH is 1. The van der Waals surface area contributed by atoms with Gasteiger partial charge in [0, 0.05) is 38.3 Å². The molecule has 0 bridgehead atoms. The molecule has 10 unspecified atom stereocenters. The molecular formula is C32H47N3O2. The van der Waals surface area contributed by atoms with Gasteiger partial charge in [-0.15, -0.1) is 0 Å². The third-order valence-corrected chi connectivity index (χ3v) is 12.4. The number of piperidine rings is 1. The van der Waals surface area contributed by atoms with Crippen LogP contribution in [0.3, 0.4) is 0 Å². The molecule has 2 saturated heterocycles. The summed E-state index contributed by atoms with van der Waals surface area (Å²) >= 11 is 0. The van der Waals surface area contributed by atoms with Gasteiger partial charge in [-0.1, -0.05) is 38.0 Å². The van der Waals surface area contributed by atoms with Crippen molar-refractivity contribution in [3.63, 3.8) is 0 Å². The number of likely N-dealkylation sites (tertiary alicyclic amines) is 1. The topological polar surface area (TPSA) is 50.5 Å². The van der Waals surface area contributed by atoms with E-state index in [0.717, 1.165) is 50.1 Å². The molecule has 4 aliphatic carbocycles. The van der Waals surface area contributed by atoms with Crippen LogP contribution in [0, 0.1) is 35.0 Å². The maximum atomic E-state index is 10.4. The van der Waals surface area contributed by atoms with Gasteiger partial charge in [0.2, 0.25) is 0 Å². The minimum Gasteiger partial charge on any atom is -0.393 e. The molecule has 37 heavy (non-hydrogen) atoms. The van der Waals surface area contributed by atoms with Gasteiger partial charge in [-0.25, -0.2) is 4.98 Å². The number of rotatable bonds is 2. The second-order valence-corrected chi connectivity index (χ2v) is 14.1. The van der Waals surface area contributed by atoms with Gasteiger partial charge in [-0.3, -0.25) is 4.90 Å². The summed E-state index contributed by atoms with van der Waals surface area (Å²) in [5.41, 5.74) is 6.42. The molecular weight excluding hydrogens is 458 g/mol. The minimum atomic E-state index is -0.128. The molecule has 1 aromatic heterocycles. The molecule has 202 valence electrons. The molecule has 10 atom stereocenters. The summed E-state index contributed by atoms with van der Waals surface area (Å²) in [5.74, 6) is 3.42. The Bertz CT molecular complexity index is 1140. The SMILES string of the molecule is CC1=C2CC3C(CC=C4CC(O)CCC43C)C2CCC12OC1CC(C)CN(Cc3cncn3C)C1C2C. The average molecular weight is 506 g/mol. The van der Waals surface area contributed by atoms with Crippen LogP contribution in [0.5, 0.6) is 0 Å². The average Bonchev–Trinajstić information content (AvgIpc) is 3.52. The van der Waals surface area contributed by atoms with Gasteiger partial charge in [-0.2, -0.15) is 0 Å². The first-order valence-corrected chi connectivity index (χ1v) is 15.2. The fourth-order valence-electron chi connectivity index (χ4n) is 10.4.